The summed E-state index contributed by atoms with van der Waals surface area (Å²) in [7, 11) is 0. The number of rotatable bonds is 3. The van der Waals surface area contributed by atoms with Crippen LogP contribution in [0.5, 0.6) is 0 Å². The molecule has 6 nitrogen and oxygen atoms in total. The van der Waals surface area contributed by atoms with Gasteiger partial charge in [0.2, 0.25) is 0 Å². The molecule has 0 amide bonds. The van der Waals surface area contributed by atoms with Gasteiger partial charge in [0.1, 0.15) is 0 Å². The molecule has 134 valence electrons. The second-order valence-electron chi connectivity index (χ2n) is 6.40. The lowest BCUT2D eigenvalue weighted by molar-refractivity contribution is -0.384. The molecule has 0 saturated heterocycles. The summed E-state index contributed by atoms with van der Waals surface area (Å²) >= 11 is 0. The molecule has 2 aromatic carbocycles. The fourth-order valence-corrected chi connectivity index (χ4v) is 3.68. The zero-order valence-corrected chi connectivity index (χ0v) is 14.7. The average molecular weight is 366 g/mol. The van der Waals surface area contributed by atoms with E-state index in [9.17, 15) is 10.1 Å². The van der Waals surface area contributed by atoms with E-state index in [1.807, 2.05) is 54.6 Å². The molecule has 0 radical (unpaired) electrons. The van der Waals surface area contributed by atoms with Crippen molar-refractivity contribution in [2.45, 2.75) is 0 Å². The second-order valence-corrected chi connectivity index (χ2v) is 6.40. The second kappa shape index (κ2) is 6.28. The van der Waals surface area contributed by atoms with Gasteiger partial charge in [0.05, 0.1) is 21.5 Å². The Balaban J connectivity index is 1.98. The predicted molar refractivity (Wildman–Crippen MR) is 108 cm³/mol. The first-order valence-corrected chi connectivity index (χ1v) is 8.78. The molecule has 0 bridgehead atoms. The van der Waals surface area contributed by atoms with E-state index >= 15 is 0 Å². The van der Waals surface area contributed by atoms with E-state index in [-0.39, 0.29) is 5.69 Å². The first-order chi connectivity index (χ1) is 13.8. The Kier molecular flexibility index (Phi) is 3.62. The van der Waals surface area contributed by atoms with Crippen molar-refractivity contribution in [3.05, 3.63) is 95.4 Å². The van der Waals surface area contributed by atoms with Crippen molar-refractivity contribution in [2.24, 2.45) is 0 Å². The number of para-hydroxylation sites is 2. The van der Waals surface area contributed by atoms with Crippen LogP contribution in [0.2, 0.25) is 0 Å². The van der Waals surface area contributed by atoms with Crippen LogP contribution >= 0.6 is 0 Å². The molecular weight excluding hydrogens is 352 g/mol. The number of hydrogen-bond donors (Lipinski definition) is 0. The van der Waals surface area contributed by atoms with Crippen molar-refractivity contribution in [3.8, 4) is 16.9 Å². The first kappa shape index (κ1) is 16.1. The topological polar surface area (TPSA) is 73.8 Å². The van der Waals surface area contributed by atoms with Crippen LogP contribution in [0.1, 0.15) is 0 Å². The molecule has 0 spiro atoms. The molecule has 0 fully saturated rings. The molecule has 28 heavy (non-hydrogen) atoms. The Morgan fingerprint density at radius 1 is 0.857 bits per heavy atom. The monoisotopic (exact) mass is 366 g/mol. The minimum absolute atomic E-state index is 0.0401. The quantitative estimate of drug-likeness (QED) is 0.327. The van der Waals surface area contributed by atoms with Gasteiger partial charge in [-0.05, 0) is 24.3 Å². The Morgan fingerprint density at radius 2 is 1.64 bits per heavy atom. The number of benzene rings is 2. The summed E-state index contributed by atoms with van der Waals surface area (Å²) in [6, 6.07) is 21.0. The Bertz CT molecular complexity index is 1340. The molecule has 0 aliphatic rings. The van der Waals surface area contributed by atoms with Crippen molar-refractivity contribution in [1.29, 1.82) is 0 Å². The van der Waals surface area contributed by atoms with Crippen molar-refractivity contribution in [3.63, 3.8) is 0 Å². The lowest BCUT2D eigenvalue weighted by Crippen LogP contribution is -1.99. The summed E-state index contributed by atoms with van der Waals surface area (Å²) in [5.74, 6) is 0. The predicted octanol–water partition coefficient (Wildman–Crippen LogP) is 5.15. The summed E-state index contributed by atoms with van der Waals surface area (Å²) in [6.45, 7) is 0. The van der Waals surface area contributed by atoms with Crippen LogP contribution in [-0.2, 0) is 0 Å². The molecule has 0 N–H and O–H groups in total. The zero-order valence-electron chi connectivity index (χ0n) is 14.7. The van der Waals surface area contributed by atoms with E-state index in [1.54, 1.807) is 24.7 Å². The molecule has 3 heterocycles. The highest BCUT2D eigenvalue weighted by Gasteiger charge is 2.22. The maximum Gasteiger partial charge on any atom is 0.295 e. The summed E-state index contributed by atoms with van der Waals surface area (Å²) < 4.78 is 2.11. The number of pyridine rings is 2. The van der Waals surface area contributed by atoms with Crippen LogP contribution in [-0.4, -0.2) is 19.5 Å². The van der Waals surface area contributed by atoms with E-state index in [1.165, 1.54) is 6.07 Å². The number of aromatic nitrogens is 3. The highest BCUT2D eigenvalue weighted by molar-refractivity contribution is 6.13. The fraction of sp³-hybridized carbons (Fsp3) is 0. The minimum Gasteiger partial charge on any atom is -0.308 e. The average Bonchev–Trinajstić information content (AvgIpc) is 3.09. The summed E-state index contributed by atoms with van der Waals surface area (Å²) in [4.78, 5) is 19.9. The molecule has 0 atom stereocenters. The van der Waals surface area contributed by atoms with Crippen molar-refractivity contribution >= 4 is 27.5 Å². The van der Waals surface area contributed by atoms with Crippen LogP contribution in [0.15, 0.2) is 85.3 Å². The molecule has 0 aliphatic heterocycles. The van der Waals surface area contributed by atoms with E-state index < -0.39 is 4.92 Å². The summed E-state index contributed by atoms with van der Waals surface area (Å²) in [5.41, 5.74) is 3.73. The highest BCUT2D eigenvalue weighted by Crippen LogP contribution is 2.38. The Hall–Kier alpha value is -4.06. The van der Waals surface area contributed by atoms with Gasteiger partial charge in [-0.2, -0.15) is 0 Å². The zero-order chi connectivity index (χ0) is 19.1. The van der Waals surface area contributed by atoms with E-state index in [4.69, 9.17) is 0 Å². The van der Waals surface area contributed by atoms with Gasteiger partial charge in [-0.15, -0.1) is 0 Å². The standard InChI is InChI=1S/C22H14N4O2/c27-26(28)20-11-6-12-24-21(20)18-14-23-13-17-16-9-4-5-10-19(16)25(22(17)18)15-7-2-1-3-8-15/h1-14H. The molecule has 5 rings (SSSR count). The third-order valence-corrected chi connectivity index (χ3v) is 4.83. The lowest BCUT2D eigenvalue weighted by Gasteiger charge is -2.10. The van der Waals surface area contributed by atoms with Gasteiger partial charge in [-0.1, -0.05) is 36.4 Å². The summed E-state index contributed by atoms with van der Waals surface area (Å²) in [6.07, 6.45) is 5.02. The Morgan fingerprint density at radius 3 is 2.46 bits per heavy atom. The van der Waals surface area contributed by atoms with Crippen LogP contribution in [0.4, 0.5) is 5.69 Å². The number of hydrogen-bond acceptors (Lipinski definition) is 4. The first-order valence-electron chi connectivity index (χ1n) is 8.78. The molecule has 5 aromatic rings. The Labute approximate surface area is 159 Å². The smallest absolute Gasteiger partial charge is 0.295 e. The maximum atomic E-state index is 11.6. The van der Waals surface area contributed by atoms with Crippen LogP contribution < -0.4 is 0 Å². The molecule has 0 aliphatic carbocycles. The third kappa shape index (κ3) is 2.35. The number of nitro groups is 1. The van der Waals surface area contributed by atoms with Crippen molar-refractivity contribution < 1.29 is 4.92 Å². The SMILES string of the molecule is O=[N+]([O-])c1cccnc1-c1cncc2c3ccccc3n(-c3ccccc3)c12. The van der Waals surface area contributed by atoms with Crippen LogP contribution in [0, 0.1) is 10.1 Å². The van der Waals surface area contributed by atoms with Crippen molar-refractivity contribution in [1.82, 2.24) is 14.5 Å². The van der Waals surface area contributed by atoms with Crippen LogP contribution in [0.25, 0.3) is 38.8 Å². The third-order valence-electron chi connectivity index (χ3n) is 4.83. The molecule has 0 saturated carbocycles. The van der Waals surface area contributed by atoms with E-state index in [2.05, 4.69) is 14.5 Å². The molecular formula is C22H14N4O2. The maximum absolute atomic E-state index is 11.6. The molecule has 0 unspecified atom stereocenters. The number of fused-ring (bicyclic) bond motifs is 3. The lowest BCUT2D eigenvalue weighted by atomic mass is 10.1. The van der Waals surface area contributed by atoms with Gasteiger partial charge in [-0.25, -0.2) is 4.98 Å². The van der Waals surface area contributed by atoms with Gasteiger partial charge in [0, 0.05) is 41.1 Å². The van der Waals surface area contributed by atoms with Gasteiger partial charge in [0.25, 0.3) is 5.69 Å². The number of nitrogens with zero attached hydrogens (tertiary/aromatic N) is 4. The summed E-state index contributed by atoms with van der Waals surface area (Å²) in [5, 5.41) is 13.6. The van der Waals surface area contributed by atoms with Gasteiger partial charge < -0.3 is 4.57 Å². The molecule has 6 heteroatoms. The fourth-order valence-electron chi connectivity index (χ4n) is 3.68. The highest BCUT2D eigenvalue weighted by atomic mass is 16.6. The van der Waals surface area contributed by atoms with Gasteiger partial charge in [0.15, 0.2) is 5.69 Å². The van der Waals surface area contributed by atoms with E-state index in [0.29, 0.717) is 11.3 Å². The van der Waals surface area contributed by atoms with Crippen LogP contribution in [0.3, 0.4) is 0 Å². The van der Waals surface area contributed by atoms with Gasteiger partial charge >= 0.3 is 0 Å². The minimum atomic E-state index is -0.406. The largest absolute Gasteiger partial charge is 0.308 e. The molecule has 3 aromatic heterocycles. The van der Waals surface area contributed by atoms with E-state index in [0.717, 1.165) is 27.5 Å². The normalized spacial score (nSPS) is 11.1. The van der Waals surface area contributed by atoms with Crippen molar-refractivity contribution in [2.75, 3.05) is 0 Å². The van der Waals surface area contributed by atoms with Gasteiger partial charge in [-0.3, -0.25) is 15.1 Å².